The van der Waals surface area contributed by atoms with E-state index in [1.165, 1.54) is 18.5 Å². The van der Waals surface area contributed by atoms with Gasteiger partial charge < -0.3 is 10.1 Å². The highest BCUT2D eigenvalue weighted by molar-refractivity contribution is 5.36. The smallest absolute Gasteiger partial charge is 0.387 e. The van der Waals surface area contributed by atoms with Gasteiger partial charge >= 0.3 is 6.61 Å². The third kappa shape index (κ3) is 3.94. The first-order valence-corrected chi connectivity index (χ1v) is 6.28. The lowest BCUT2D eigenvalue weighted by Crippen LogP contribution is -2.21. The maximum Gasteiger partial charge on any atom is 0.387 e. The molecule has 0 aliphatic rings. The van der Waals surface area contributed by atoms with E-state index in [0.29, 0.717) is 17.9 Å². The fraction of sp³-hybridized carbons (Fsp3) is 0.385. The van der Waals surface area contributed by atoms with Gasteiger partial charge in [-0.05, 0) is 13.0 Å². The zero-order valence-corrected chi connectivity index (χ0v) is 11.6. The molecule has 0 amide bonds. The summed E-state index contributed by atoms with van der Waals surface area (Å²) >= 11 is 0. The number of nitrogens with zero attached hydrogens (tertiary/aromatic N) is 3. The Bertz CT molecular complexity index is 603. The summed E-state index contributed by atoms with van der Waals surface area (Å²) in [6, 6.07) is 3.24. The lowest BCUT2D eigenvalue weighted by atomic mass is 10.1. The van der Waals surface area contributed by atoms with E-state index in [2.05, 4.69) is 20.1 Å². The number of halogens is 3. The Hall–Kier alpha value is -2.09. The molecular weight excluding hydrogens is 285 g/mol. The summed E-state index contributed by atoms with van der Waals surface area (Å²) in [5.41, 5.74) is 0.443. The molecular formula is C13H15F3N4O. The molecule has 0 saturated carbocycles. The van der Waals surface area contributed by atoms with Crippen LogP contribution in [-0.4, -0.2) is 21.4 Å². The van der Waals surface area contributed by atoms with Crippen molar-refractivity contribution in [3.8, 4) is 5.75 Å². The number of rotatable bonds is 6. The molecule has 0 aliphatic heterocycles. The summed E-state index contributed by atoms with van der Waals surface area (Å²) < 4.78 is 43.9. The number of nitrogens with one attached hydrogen (secondary N) is 1. The SMILES string of the molecule is CC(NCc1ncnn1C)c1ccc(F)cc1OC(F)F. The maximum atomic E-state index is 13.2. The van der Waals surface area contributed by atoms with Crippen LogP contribution < -0.4 is 10.1 Å². The predicted molar refractivity (Wildman–Crippen MR) is 69.3 cm³/mol. The van der Waals surface area contributed by atoms with Crippen LogP contribution in [0.3, 0.4) is 0 Å². The molecule has 1 aromatic carbocycles. The van der Waals surface area contributed by atoms with Crippen molar-refractivity contribution >= 4 is 0 Å². The number of benzene rings is 1. The predicted octanol–water partition coefficient (Wildman–Crippen LogP) is 2.41. The van der Waals surface area contributed by atoms with E-state index in [0.717, 1.165) is 6.07 Å². The van der Waals surface area contributed by atoms with Gasteiger partial charge in [-0.25, -0.2) is 9.37 Å². The topological polar surface area (TPSA) is 52.0 Å². The van der Waals surface area contributed by atoms with Crippen LogP contribution in [0.25, 0.3) is 0 Å². The van der Waals surface area contributed by atoms with E-state index in [4.69, 9.17) is 0 Å². The molecule has 0 aliphatic carbocycles. The number of ether oxygens (including phenoxy) is 1. The average molecular weight is 300 g/mol. The molecule has 1 N–H and O–H groups in total. The second-order valence-corrected chi connectivity index (χ2v) is 4.46. The van der Waals surface area contributed by atoms with Gasteiger partial charge in [-0.1, -0.05) is 6.07 Å². The van der Waals surface area contributed by atoms with Crippen LogP contribution in [-0.2, 0) is 13.6 Å². The molecule has 1 unspecified atom stereocenters. The summed E-state index contributed by atoms with van der Waals surface area (Å²) in [6.07, 6.45) is 1.42. The van der Waals surface area contributed by atoms with Crippen molar-refractivity contribution in [3.05, 3.63) is 41.7 Å². The Morgan fingerprint density at radius 1 is 1.38 bits per heavy atom. The summed E-state index contributed by atoms with van der Waals surface area (Å²) in [5.74, 6) is -0.113. The zero-order chi connectivity index (χ0) is 15.4. The minimum atomic E-state index is -3.00. The van der Waals surface area contributed by atoms with Crippen molar-refractivity contribution in [2.45, 2.75) is 26.1 Å². The second-order valence-electron chi connectivity index (χ2n) is 4.46. The number of aryl methyl sites for hydroxylation is 1. The van der Waals surface area contributed by atoms with Gasteiger partial charge in [-0.2, -0.15) is 13.9 Å². The molecule has 8 heteroatoms. The average Bonchev–Trinajstić information content (AvgIpc) is 2.81. The maximum absolute atomic E-state index is 13.2. The summed E-state index contributed by atoms with van der Waals surface area (Å²) in [6.45, 7) is -0.845. The first-order chi connectivity index (χ1) is 9.97. The Labute approximate surface area is 119 Å². The first-order valence-electron chi connectivity index (χ1n) is 6.28. The fourth-order valence-corrected chi connectivity index (χ4v) is 1.90. The molecule has 5 nitrogen and oxygen atoms in total. The van der Waals surface area contributed by atoms with Crippen LogP contribution in [0.5, 0.6) is 5.75 Å². The van der Waals surface area contributed by atoms with Gasteiger partial charge in [0.05, 0.1) is 6.54 Å². The van der Waals surface area contributed by atoms with E-state index in [9.17, 15) is 13.2 Å². The third-order valence-corrected chi connectivity index (χ3v) is 3.03. The molecule has 0 saturated heterocycles. The van der Waals surface area contributed by atoms with E-state index < -0.39 is 12.4 Å². The van der Waals surface area contributed by atoms with Crippen LogP contribution >= 0.6 is 0 Å². The second kappa shape index (κ2) is 6.57. The van der Waals surface area contributed by atoms with Gasteiger partial charge in [0.2, 0.25) is 0 Å². The molecule has 0 radical (unpaired) electrons. The van der Waals surface area contributed by atoms with Crippen molar-refractivity contribution in [2.24, 2.45) is 7.05 Å². The number of hydrogen-bond acceptors (Lipinski definition) is 4. The molecule has 2 rings (SSSR count). The first kappa shape index (κ1) is 15.3. The quantitative estimate of drug-likeness (QED) is 0.890. The molecule has 114 valence electrons. The molecule has 1 atom stereocenters. The van der Waals surface area contributed by atoms with Gasteiger partial charge in [0.15, 0.2) is 0 Å². The van der Waals surface area contributed by atoms with Crippen LogP contribution in [0.1, 0.15) is 24.4 Å². The van der Waals surface area contributed by atoms with Crippen molar-refractivity contribution in [3.63, 3.8) is 0 Å². The zero-order valence-electron chi connectivity index (χ0n) is 11.6. The minimum Gasteiger partial charge on any atom is -0.434 e. The Morgan fingerprint density at radius 2 is 2.14 bits per heavy atom. The van der Waals surface area contributed by atoms with Crippen LogP contribution in [0, 0.1) is 5.82 Å². The van der Waals surface area contributed by atoms with Crippen LogP contribution in [0.15, 0.2) is 24.5 Å². The Morgan fingerprint density at radius 3 is 2.76 bits per heavy atom. The van der Waals surface area contributed by atoms with E-state index >= 15 is 0 Å². The minimum absolute atomic E-state index is 0.178. The van der Waals surface area contributed by atoms with Gasteiger partial charge in [-0.15, -0.1) is 0 Å². The van der Waals surface area contributed by atoms with Gasteiger partial charge in [0, 0.05) is 24.7 Å². The molecule has 1 heterocycles. The number of alkyl halides is 2. The molecule has 21 heavy (non-hydrogen) atoms. The highest BCUT2D eigenvalue weighted by Gasteiger charge is 2.16. The summed E-state index contributed by atoms with van der Waals surface area (Å²) in [7, 11) is 1.75. The van der Waals surface area contributed by atoms with E-state index in [1.54, 1.807) is 18.7 Å². The lowest BCUT2D eigenvalue weighted by Gasteiger charge is -2.18. The monoisotopic (exact) mass is 300 g/mol. The molecule has 2 aromatic rings. The molecule has 0 bridgehead atoms. The molecule has 1 aromatic heterocycles. The van der Waals surface area contributed by atoms with Crippen LogP contribution in [0.2, 0.25) is 0 Å². The van der Waals surface area contributed by atoms with Gasteiger partial charge in [0.1, 0.15) is 23.7 Å². The van der Waals surface area contributed by atoms with Crippen molar-refractivity contribution < 1.29 is 17.9 Å². The Kier molecular flexibility index (Phi) is 4.79. The van der Waals surface area contributed by atoms with Crippen molar-refractivity contribution in [1.29, 1.82) is 0 Å². The fourth-order valence-electron chi connectivity index (χ4n) is 1.90. The van der Waals surface area contributed by atoms with Crippen molar-refractivity contribution in [1.82, 2.24) is 20.1 Å². The normalized spacial score (nSPS) is 12.7. The molecule has 0 fully saturated rings. The number of hydrogen-bond donors (Lipinski definition) is 1. The van der Waals surface area contributed by atoms with E-state index in [-0.39, 0.29) is 11.8 Å². The lowest BCUT2D eigenvalue weighted by molar-refractivity contribution is -0.0508. The number of aromatic nitrogens is 3. The third-order valence-electron chi connectivity index (χ3n) is 3.03. The van der Waals surface area contributed by atoms with Crippen molar-refractivity contribution in [2.75, 3.05) is 0 Å². The standard InChI is InChI=1S/C13H15F3N4O/c1-8(17-6-12-18-7-19-20(12)2)10-4-3-9(14)5-11(10)21-13(15)16/h3-5,7-8,13,17H,6H2,1-2H3. The highest BCUT2D eigenvalue weighted by atomic mass is 19.3. The van der Waals surface area contributed by atoms with Crippen LogP contribution in [0.4, 0.5) is 13.2 Å². The largest absolute Gasteiger partial charge is 0.434 e. The summed E-state index contributed by atoms with van der Waals surface area (Å²) in [4.78, 5) is 4.04. The highest BCUT2D eigenvalue weighted by Crippen LogP contribution is 2.27. The molecule has 0 spiro atoms. The van der Waals surface area contributed by atoms with Gasteiger partial charge in [0.25, 0.3) is 0 Å². The van der Waals surface area contributed by atoms with E-state index in [1.807, 2.05) is 0 Å². The van der Waals surface area contributed by atoms with Gasteiger partial charge in [-0.3, -0.25) is 4.68 Å². The summed E-state index contributed by atoms with van der Waals surface area (Å²) in [5, 5.41) is 7.03. The Balaban J connectivity index is 2.11.